The molecular formula is C17H22N2O5. The molecule has 0 aromatic heterocycles. The summed E-state index contributed by atoms with van der Waals surface area (Å²) in [4.78, 5) is 46.1. The van der Waals surface area contributed by atoms with Crippen LogP contribution in [0.1, 0.15) is 25.3 Å². The molecule has 0 aliphatic carbocycles. The van der Waals surface area contributed by atoms with Gasteiger partial charge in [0.25, 0.3) is 0 Å². The summed E-state index contributed by atoms with van der Waals surface area (Å²) in [5.74, 6) is -1.53. The van der Waals surface area contributed by atoms with Crippen molar-refractivity contribution in [1.82, 2.24) is 10.6 Å². The monoisotopic (exact) mass is 334 g/mol. The van der Waals surface area contributed by atoms with Gasteiger partial charge in [0.2, 0.25) is 11.8 Å². The van der Waals surface area contributed by atoms with Crippen molar-refractivity contribution in [1.29, 1.82) is 0 Å². The van der Waals surface area contributed by atoms with Gasteiger partial charge < -0.3 is 15.4 Å². The summed E-state index contributed by atoms with van der Waals surface area (Å²) >= 11 is 0. The predicted molar refractivity (Wildman–Crippen MR) is 87.0 cm³/mol. The minimum absolute atomic E-state index is 0.00353. The van der Waals surface area contributed by atoms with Crippen LogP contribution in [0.3, 0.4) is 0 Å². The number of methoxy groups -OCH3 is 1. The summed E-state index contributed by atoms with van der Waals surface area (Å²) in [5, 5.41) is 5.07. The third kappa shape index (κ3) is 7.53. The molecule has 0 radical (unpaired) electrons. The van der Waals surface area contributed by atoms with Crippen LogP contribution in [0.2, 0.25) is 0 Å². The molecule has 0 unspecified atom stereocenters. The zero-order valence-corrected chi connectivity index (χ0v) is 13.8. The van der Waals surface area contributed by atoms with E-state index in [2.05, 4.69) is 15.4 Å². The zero-order valence-electron chi connectivity index (χ0n) is 13.8. The number of amides is 2. The van der Waals surface area contributed by atoms with Crippen molar-refractivity contribution in [3.05, 3.63) is 35.9 Å². The van der Waals surface area contributed by atoms with Gasteiger partial charge in [0.1, 0.15) is 6.04 Å². The van der Waals surface area contributed by atoms with Crippen molar-refractivity contribution >= 4 is 23.6 Å². The maximum absolute atomic E-state index is 12.2. The van der Waals surface area contributed by atoms with Crippen molar-refractivity contribution in [2.24, 2.45) is 0 Å². The molecule has 1 atom stereocenters. The lowest BCUT2D eigenvalue weighted by atomic mass is 10.1. The molecule has 2 N–H and O–H groups in total. The topological polar surface area (TPSA) is 102 Å². The van der Waals surface area contributed by atoms with Crippen molar-refractivity contribution in [2.45, 2.75) is 32.2 Å². The Morgan fingerprint density at radius 2 is 1.75 bits per heavy atom. The lowest BCUT2D eigenvalue weighted by Crippen LogP contribution is -2.48. The first-order chi connectivity index (χ1) is 11.4. The highest BCUT2D eigenvalue weighted by Gasteiger charge is 2.20. The summed E-state index contributed by atoms with van der Waals surface area (Å²) in [6.07, 6.45) is 0.295. The van der Waals surface area contributed by atoms with Gasteiger partial charge in [-0.1, -0.05) is 30.3 Å². The van der Waals surface area contributed by atoms with Crippen LogP contribution in [0.25, 0.3) is 0 Å². The normalized spacial score (nSPS) is 11.2. The fraction of sp³-hybridized carbons (Fsp3) is 0.412. The van der Waals surface area contributed by atoms with Crippen LogP contribution < -0.4 is 10.6 Å². The van der Waals surface area contributed by atoms with Gasteiger partial charge in [-0.25, -0.2) is 0 Å². The summed E-state index contributed by atoms with van der Waals surface area (Å²) in [6.45, 7) is 1.13. The Morgan fingerprint density at radius 3 is 2.33 bits per heavy atom. The van der Waals surface area contributed by atoms with Gasteiger partial charge in [0.15, 0.2) is 5.78 Å². The Bertz CT molecular complexity index is 586. The SMILES string of the molecule is COC(=O)CCC(=O)CNC(=O)[C@@H](Cc1ccccc1)NC(C)=O. The van der Waals surface area contributed by atoms with Gasteiger partial charge in [-0.15, -0.1) is 0 Å². The number of ketones is 1. The van der Waals surface area contributed by atoms with Gasteiger partial charge >= 0.3 is 5.97 Å². The molecule has 0 spiro atoms. The zero-order chi connectivity index (χ0) is 17.9. The first kappa shape index (κ1) is 19.3. The second-order valence-electron chi connectivity index (χ2n) is 5.28. The number of carbonyl (C=O) groups is 4. The number of Topliss-reactive ketones (excluding diaryl/α,β-unsaturated/α-hetero) is 1. The average molecular weight is 334 g/mol. The first-order valence-corrected chi connectivity index (χ1v) is 7.59. The molecule has 1 rings (SSSR count). The minimum atomic E-state index is -0.765. The molecule has 0 aliphatic heterocycles. The molecule has 1 aromatic carbocycles. The molecule has 0 heterocycles. The van der Waals surface area contributed by atoms with Gasteiger partial charge in [0.05, 0.1) is 20.1 Å². The van der Waals surface area contributed by atoms with Gasteiger partial charge in [-0.2, -0.15) is 0 Å². The molecule has 0 saturated heterocycles. The van der Waals surface area contributed by atoms with E-state index in [0.29, 0.717) is 6.42 Å². The number of hydrogen-bond acceptors (Lipinski definition) is 5. The summed E-state index contributed by atoms with van der Waals surface area (Å²) in [6, 6.07) is 8.48. The average Bonchev–Trinajstić information content (AvgIpc) is 2.57. The second kappa shape index (κ2) is 10.1. The fourth-order valence-electron chi connectivity index (χ4n) is 2.05. The Hall–Kier alpha value is -2.70. The quantitative estimate of drug-likeness (QED) is 0.636. The Morgan fingerprint density at radius 1 is 1.08 bits per heavy atom. The molecule has 24 heavy (non-hydrogen) atoms. The van der Waals surface area contributed by atoms with E-state index in [1.807, 2.05) is 30.3 Å². The highest BCUT2D eigenvalue weighted by molar-refractivity contribution is 5.91. The molecule has 0 bridgehead atoms. The number of benzene rings is 1. The van der Waals surface area contributed by atoms with E-state index >= 15 is 0 Å². The highest BCUT2D eigenvalue weighted by Crippen LogP contribution is 2.04. The number of nitrogens with one attached hydrogen (secondary N) is 2. The molecule has 0 fully saturated rings. The van der Waals surface area contributed by atoms with E-state index in [-0.39, 0.29) is 31.1 Å². The smallest absolute Gasteiger partial charge is 0.305 e. The third-order valence-electron chi connectivity index (χ3n) is 3.27. The number of rotatable bonds is 9. The maximum atomic E-state index is 12.2. The van der Waals surface area contributed by atoms with Gasteiger partial charge in [-0.3, -0.25) is 19.2 Å². The molecule has 0 saturated carbocycles. The summed E-state index contributed by atoms with van der Waals surface area (Å²) in [7, 11) is 1.25. The van der Waals surface area contributed by atoms with Crippen molar-refractivity contribution in [3.8, 4) is 0 Å². The Balaban J connectivity index is 2.53. The standard InChI is InChI=1S/C17H22N2O5/c1-12(20)19-15(10-13-6-4-3-5-7-13)17(23)18-11-14(21)8-9-16(22)24-2/h3-7,15H,8-11H2,1-2H3,(H,18,23)(H,19,20)/t15-/m1/s1. The van der Waals surface area contributed by atoms with E-state index in [9.17, 15) is 19.2 Å². The number of carbonyl (C=O) groups excluding carboxylic acids is 4. The number of esters is 1. The van der Waals surface area contributed by atoms with Crippen LogP contribution in [0.15, 0.2) is 30.3 Å². The molecule has 0 aliphatic rings. The van der Waals surface area contributed by atoms with Crippen molar-refractivity contribution in [3.63, 3.8) is 0 Å². The van der Waals surface area contributed by atoms with Crippen LogP contribution in [0, 0.1) is 0 Å². The maximum Gasteiger partial charge on any atom is 0.305 e. The Labute approximate surface area is 140 Å². The second-order valence-corrected chi connectivity index (χ2v) is 5.28. The van der Waals surface area contributed by atoms with E-state index < -0.39 is 17.9 Å². The molecular weight excluding hydrogens is 312 g/mol. The number of ether oxygens (including phenoxy) is 1. The lowest BCUT2D eigenvalue weighted by Gasteiger charge is -2.17. The van der Waals surface area contributed by atoms with Crippen LogP contribution in [0.5, 0.6) is 0 Å². The lowest BCUT2D eigenvalue weighted by molar-refractivity contribution is -0.141. The van der Waals surface area contributed by atoms with Gasteiger partial charge in [-0.05, 0) is 5.56 Å². The number of hydrogen-bond donors (Lipinski definition) is 2. The summed E-state index contributed by atoms with van der Waals surface area (Å²) in [5.41, 5.74) is 0.892. The van der Waals surface area contributed by atoms with Crippen molar-refractivity contribution in [2.75, 3.05) is 13.7 Å². The molecule has 7 heteroatoms. The predicted octanol–water partition coefficient (Wildman–Crippen LogP) is 0.372. The first-order valence-electron chi connectivity index (χ1n) is 7.59. The van der Waals surface area contributed by atoms with Crippen molar-refractivity contribution < 1.29 is 23.9 Å². The fourth-order valence-corrected chi connectivity index (χ4v) is 2.05. The highest BCUT2D eigenvalue weighted by atomic mass is 16.5. The molecule has 7 nitrogen and oxygen atoms in total. The van der Waals surface area contributed by atoms with E-state index in [1.165, 1.54) is 14.0 Å². The van der Waals surface area contributed by atoms with Crippen LogP contribution >= 0.6 is 0 Å². The van der Waals surface area contributed by atoms with Crippen LogP contribution in [-0.2, 0) is 30.3 Å². The van der Waals surface area contributed by atoms with Crippen LogP contribution in [0.4, 0.5) is 0 Å². The van der Waals surface area contributed by atoms with E-state index in [0.717, 1.165) is 5.56 Å². The van der Waals surface area contributed by atoms with E-state index in [4.69, 9.17) is 0 Å². The largest absolute Gasteiger partial charge is 0.469 e. The van der Waals surface area contributed by atoms with Gasteiger partial charge in [0, 0.05) is 19.8 Å². The minimum Gasteiger partial charge on any atom is -0.469 e. The summed E-state index contributed by atoms with van der Waals surface area (Å²) < 4.78 is 4.45. The third-order valence-corrected chi connectivity index (χ3v) is 3.27. The molecule has 1 aromatic rings. The Kier molecular flexibility index (Phi) is 8.18. The van der Waals surface area contributed by atoms with Crippen LogP contribution in [-0.4, -0.2) is 43.3 Å². The molecule has 2 amide bonds. The van der Waals surface area contributed by atoms with E-state index in [1.54, 1.807) is 0 Å². The molecule has 130 valence electrons.